The number of aromatic nitrogens is 2. The summed E-state index contributed by atoms with van der Waals surface area (Å²) in [6.07, 6.45) is 2.44. The average molecular weight is 514 g/mol. The Bertz CT molecular complexity index is 1300. The smallest absolute Gasteiger partial charge is 0.325 e. The van der Waals surface area contributed by atoms with Crippen LogP contribution in [-0.4, -0.2) is 65.8 Å². The minimum absolute atomic E-state index is 0.101. The summed E-state index contributed by atoms with van der Waals surface area (Å²) < 4.78 is 32.4. The quantitative estimate of drug-likeness (QED) is 0.452. The molecule has 0 saturated carbocycles. The Balaban J connectivity index is 1.41. The lowest BCUT2D eigenvalue weighted by Gasteiger charge is -2.30. The van der Waals surface area contributed by atoms with Crippen molar-refractivity contribution in [3.63, 3.8) is 0 Å². The Labute approximate surface area is 208 Å². The minimum Gasteiger partial charge on any atom is -0.438 e. The maximum atomic E-state index is 13.5. The number of hydrogen-bond acceptors (Lipinski definition) is 6. The summed E-state index contributed by atoms with van der Waals surface area (Å²) in [7, 11) is -3.37. The number of carbonyl (C=O) groups excluding carboxylic acids is 1. The highest BCUT2D eigenvalue weighted by molar-refractivity contribution is 7.89. The van der Waals surface area contributed by atoms with E-state index in [-0.39, 0.29) is 24.4 Å². The normalized spacial score (nSPS) is 18.5. The van der Waals surface area contributed by atoms with Crippen molar-refractivity contribution in [3.05, 3.63) is 77.4 Å². The van der Waals surface area contributed by atoms with Crippen LogP contribution in [0.1, 0.15) is 18.0 Å². The summed E-state index contributed by atoms with van der Waals surface area (Å²) >= 11 is 6.07. The van der Waals surface area contributed by atoms with Crippen LogP contribution in [0.4, 0.5) is 10.5 Å². The van der Waals surface area contributed by atoms with Crippen molar-refractivity contribution in [3.8, 4) is 11.6 Å². The van der Waals surface area contributed by atoms with Crippen molar-refractivity contribution >= 4 is 33.3 Å². The number of hydrogen-bond donors (Lipinski definition) is 0. The summed E-state index contributed by atoms with van der Waals surface area (Å²) in [5, 5.41) is 8.34. The number of ether oxygens (including phenoxy) is 1. The molecular formula is C24H24ClN5O4S. The van der Waals surface area contributed by atoms with Gasteiger partial charge in [-0.1, -0.05) is 23.7 Å². The average Bonchev–Trinajstić information content (AvgIpc) is 3.14. The van der Waals surface area contributed by atoms with Gasteiger partial charge in [-0.2, -0.15) is 5.10 Å². The third-order valence-electron chi connectivity index (χ3n) is 6.13. The molecular weight excluding hydrogens is 490 g/mol. The molecule has 0 N–H and O–H groups in total. The molecule has 2 aliphatic rings. The minimum atomic E-state index is -3.37. The van der Waals surface area contributed by atoms with Crippen LogP contribution >= 0.6 is 11.6 Å². The summed E-state index contributed by atoms with van der Waals surface area (Å²) in [6, 6.07) is 17.3. The Morgan fingerprint density at radius 3 is 2.54 bits per heavy atom. The van der Waals surface area contributed by atoms with E-state index >= 15 is 0 Å². The largest absolute Gasteiger partial charge is 0.438 e. The van der Waals surface area contributed by atoms with E-state index in [0.717, 1.165) is 12.0 Å². The Hall–Kier alpha value is -3.21. The maximum Gasteiger partial charge on any atom is 0.325 e. The zero-order valence-corrected chi connectivity index (χ0v) is 20.4. The third-order valence-corrected chi connectivity index (χ3v) is 8.23. The zero-order valence-electron chi connectivity index (χ0n) is 18.8. The molecule has 35 heavy (non-hydrogen) atoms. The van der Waals surface area contributed by atoms with Crippen LogP contribution in [0.25, 0.3) is 0 Å². The first kappa shape index (κ1) is 23.5. The van der Waals surface area contributed by atoms with E-state index in [0.29, 0.717) is 42.0 Å². The van der Waals surface area contributed by atoms with Gasteiger partial charge >= 0.3 is 6.03 Å². The Morgan fingerprint density at radius 1 is 1.06 bits per heavy atom. The molecule has 11 heteroatoms. The molecule has 1 unspecified atom stereocenters. The molecule has 2 fully saturated rings. The van der Waals surface area contributed by atoms with Gasteiger partial charge in [0.05, 0.1) is 11.8 Å². The summed E-state index contributed by atoms with van der Waals surface area (Å²) in [5.41, 5.74) is 1.53. The predicted molar refractivity (Wildman–Crippen MR) is 132 cm³/mol. The molecule has 2 aliphatic heterocycles. The lowest BCUT2D eigenvalue weighted by molar-refractivity contribution is 0.222. The third kappa shape index (κ3) is 5.09. The SMILES string of the molecule is O=C1N(CCS(=O)(=O)N2CCC2)CC(c2cccc(Oc3cccnn3)c2)N1c1ccc(Cl)cc1. The van der Waals surface area contributed by atoms with Crippen molar-refractivity contribution in [1.29, 1.82) is 0 Å². The van der Waals surface area contributed by atoms with E-state index in [1.165, 1.54) is 4.31 Å². The summed E-state index contributed by atoms with van der Waals surface area (Å²) in [5.74, 6) is 0.820. The number of urea groups is 1. The van der Waals surface area contributed by atoms with Crippen molar-refractivity contribution < 1.29 is 17.9 Å². The second-order valence-corrected chi connectivity index (χ2v) is 10.9. The summed E-state index contributed by atoms with van der Waals surface area (Å²) in [4.78, 5) is 16.7. The Kier molecular flexibility index (Phi) is 6.59. The van der Waals surface area contributed by atoms with Gasteiger partial charge < -0.3 is 9.64 Å². The molecule has 1 aromatic heterocycles. The monoisotopic (exact) mass is 513 g/mol. The number of benzene rings is 2. The molecule has 1 atom stereocenters. The molecule has 0 radical (unpaired) electrons. The van der Waals surface area contributed by atoms with E-state index in [1.807, 2.05) is 18.2 Å². The van der Waals surface area contributed by atoms with Crippen LogP contribution in [-0.2, 0) is 10.0 Å². The highest BCUT2D eigenvalue weighted by atomic mass is 35.5. The van der Waals surface area contributed by atoms with Crippen molar-refractivity contribution in [2.75, 3.05) is 36.8 Å². The van der Waals surface area contributed by atoms with Gasteiger partial charge in [0.2, 0.25) is 15.9 Å². The van der Waals surface area contributed by atoms with Gasteiger partial charge in [0.1, 0.15) is 5.75 Å². The molecule has 2 amide bonds. The van der Waals surface area contributed by atoms with Gasteiger partial charge in [0.25, 0.3) is 0 Å². The van der Waals surface area contributed by atoms with Gasteiger partial charge in [-0.05, 0) is 54.4 Å². The first-order valence-corrected chi connectivity index (χ1v) is 13.3. The number of sulfonamides is 1. The number of halogens is 1. The first-order valence-electron chi connectivity index (χ1n) is 11.3. The van der Waals surface area contributed by atoms with Crippen molar-refractivity contribution in [2.45, 2.75) is 12.5 Å². The summed E-state index contributed by atoms with van der Waals surface area (Å²) in [6.45, 7) is 1.56. The van der Waals surface area contributed by atoms with Crippen molar-refractivity contribution in [1.82, 2.24) is 19.4 Å². The molecule has 2 aromatic carbocycles. The lowest BCUT2D eigenvalue weighted by atomic mass is 10.1. The number of amides is 2. The van der Waals surface area contributed by atoms with Gasteiger partial charge in [-0.15, -0.1) is 5.10 Å². The second-order valence-electron chi connectivity index (χ2n) is 8.40. The van der Waals surface area contributed by atoms with E-state index in [1.54, 1.807) is 58.5 Å². The van der Waals surface area contributed by atoms with Gasteiger partial charge in [-0.3, -0.25) is 4.90 Å². The highest BCUT2D eigenvalue weighted by Gasteiger charge is 2.40. The van der Waals surface area contributed by atoms with E-state index < -0.39 is 10.0 Å². The number of carbonyl (C=O) groups is 1. The maximum absolute atomic E-state index is 13.5. The van der Waals surface area contributed by atoms with Crippen LogP contribution < -0.4 is 9.64 Å². The van der Waals surface area contributed by atoms with Gasteiger partial charge in [0, 0.05) is 49.2 Å². The van der Waals surface area contributed by atoms with Crippen LogP contribution in [0.2, 0.25) is 5.02 Å². The van der Waals surface area contributed by atoms with Crippen LogP contribution in [0.15, 0.2) is 66.9 Å². The molecule has 5 rings (SSSR count). The fraction of sp³-hybridized carbons (Fsp3) is 0.292. The highest BCUT2D eigenvalue weighted by Crippen LogP contribution is 2.36. The van der Waals surface area contributed by atoms with Gasteiger partial charge in [0.15, 0.2) is 0 Å². The first-order chi connectivity index (χ1) is 16.9. The number of rotatable bonds is 8. The fourth-order valence-electron chi connectivity index (χ4n) is 4.16. The molecule has 0 bridgehead atoms. The zero-order chi connectivity index (χ0) is 24.4. The molecule has 9 nitrogen and oxygen atoms in total. The second kappa shape index (κ2) is 9.80. The van der Waals surface area contributed by atoms with Crippen molar-refractivity contribution in [2.24, 2.45) is 0 Å². The van der Waals surface area contributed by atoms with Crippen LogP contribution in [0.3, 0.4) is 0 Å². The number of anilines is 1. The Morgan fingerprint density at radius 2 is 1.86 bits per heavy atom. The molecule has 3 aromatic rings. The lowest BCUT2D eigenvalue weighted by Crippen LogP contribution is -2.45. The predicted octanol–water partition coefficient (Wildman–Crippen LogP) is 3.94. The molecule has 0 spiro atoms. The van der Waals surface area contributed by atoms with Crippen LogP contribution in [0.5, 0.6) is 11.6 Å². The van der Waals surface area contributed by atoms with Crippen LogP contribution in [0, 0.1) is 0 Å². The van der Waals surface area contributed by atoms with E-state index in [9.17, 15) is 13.2 Å². The fourth-order valence-corrected chi connectivity index (χ4v) is 5.81. The van der Waals surface area contributed by atoms with Gasteiger partial charge in [-0.25, -0.2) is 17.5 Å². The molecule has 0 aliphatic carbocycles. The standard InChI is InChI=1S/C24H24ClN5O4S/c25-19-7-9-20(10-8-19)30-22(17-28(24(30)31)14-15-35(32,33)29-12-3-13-29)18-4-1-5-21(16-18)34-23-6-2-11-26-27-23/h1-2,4-11,16,22H,3,12-15,17H2. The molecule has 2 saturated heterocycles. The van der Waals surface area contributed by atoms with E-state index in [2.05, 4.69) is 10.2 Å². The van der Waals surface area contributed by atoms with E-state index in [4.69, 9.17) is 16.3 Å². The molecule has 3 heterocycles. The molecule has 182 valence electrons. The topological polar surface area (TPSA) is 95.9 Å². The number of nitrogens with zero attached hydrogens (tertiary/aromatic N) is 5.